The molecule has 0 aliphatic carbocycles. The molecule has 2 aliphatic heterocycles. The van der Waals surface area contributed by atoms with Gasteiger partial charge in [-0.05, 0) is 32.1 Å². The van der Waals surface area contributed by atoms with Crippen molar-refractivity contribution in [1.82, 2.24) is 8.61 Å². The molecule has 0 aromatic carbocycles. The van der Waals surface area contributed by atoms with E-state index in [1.807, 2.05) is 0 Å². The molecule has 0 radical (unpaired) electrons. The maximum absolute atomic E-state index is 12.8. The molecule has 0 spiro atoms. The Labute approximate surface area is 133 Å². The molecule has 0 saturated carbocycles. The number of hydrogen-bond donors (Lipinski definition) is 1. The highest BCUT2D eigenvalue weighted by molar-refractivity contribution is 7.86. The number of ether oxygens (including phenoxy) is 1. The lowest BCUT2D eigenvalue weighted by Gasteiger charge is -2.43. The van der Waals surface area contributed by atoms with E-state index in [1.165, 1.54) is 0 Å². The summed E-state index contributed by atoms with van der Waals surface area (Å²) in [4.78, 5) is 0. The lowest BCUT2D eigenvalue weighted by Crippen LogP contribution is -2.54. The largest absolute Gasteiger partial charge is 0.396 e. The molecule has 2 rings (SSSR count). The molecule has 0 aromatic rings. The van der Waals surface area contributed by atoms with E-state index in [9.17, 15) is 13.5 Å². The highest BCUT2D eigenvalue weighted by Crippen LogP contribution is 2.35. The summed E-state index contributed by atoms with van der Waals surface area (Å²) in [5.74, 6) is 0. The average molecular weight is 332 g/mol. The number of nitrogens with zero attached hydrogens (tertiary/aromatic N) is 2. The number of aliphatic hydroxyl groups excluding tert-OH is 1. The molecule has 22 heavy (non-hydrogen) atoms. The highest BCUT2D eigenvalue weighted by Gasteiger charge is 2.41. The van der Waals surface area contributed by atoms with Gasteiger partial charge >= 0.3 is 0 Å². The van der Waals surface area contributed by atoms with Crippen LogP contribution in [0.2, 0.25) is 0 Å². The first kappa shape index (κ1) is 17.9. The lowest BCUT2D eigenvalue weighted by atomic mass is 9.79. The zero-order valence-corrected chi connectivity index (χ0v) is 14.2. The van der Waals surface area contributed by atoms with Crippen LogP contribution in [0.3, 0.4) is 0 Å². The molecular formula is C15H28N2O4S. The van der Waals surface area contributed by atoms with Crippen LogP contribution >= 0.6 is 0 Å². The van der Waals surface area contributed by atoms with Gasteiger partial charge in [-0.1, -0.05) is 6.08 Å². The Bertz CT molecular complexity index is 474. The Kier molecular flexibility index (Phi) is 6.01. The van der Waals surface area contributed by atoms with E-state index < -0.39 is 10.2 Å². The molecule has 2 heterocycles. The van der Waals surface area contributed by atoms with E-state index in [4.69, 9.17) is 4.74 Å². The van der Waals surface area contributed by atoms with Crippen molar-refractivity contribution in [3.05, 3.63) is 12.7 Å². The molecule has 0 amide bonds. The number of hydrogen-bond acceptors (Lipinski definition) is 4. The smallest absolute Gasteiger partial charge is 0.281 e. The van der Waals surface area contributed by atoms with E-state index in [2.05, 4.69) is 6.58 Å². The molecule has 6 nitrogen and oxygen atoms in total. The summed E-state index contributed by atoms with van der Waals surface area (Å²) in [6, 6.07) is 0. The first-order valence-electron chi connectivity index (χ1n) is 7.97. The zero-order valence-electron chi connectivity index (χ0n) is 13.4. The van der Waals surface area contributed by atoms with Gasteiger partial charge in [-0.15, -0.1) is 6.58 Å². The van der Waals surface area contributed by atoms with Crippen LogP contribution in [0.15, 0.2) is 12.7 Å². The van der Waals surface area contributed by atoms with Crippen LogP contribution < -0.4 is 0 Å². The minimum absolute atomic E-state index is 0.00319. The first-order chi connectivity index (χ1) is 10.5. The Hall–Kier alpha value is -0.470. The standard InChI is InChI=1S/C15H28N2O4S/c1-3-7-15(13-18)8-4-9-17(12-15)22(19,20)16-10-5-14(21-2)6-11-16/h3,14,18H,1,4-13H2,2H3/t15-/m0/s1. The summed E-state index contributed by atoms with van der Waals surface area (Å²) in [7, 11) is -1.78. The molecule has 2 fully saturated rings. The molecule has 2 aliphatic rings. The van der Waals surface area contributed by atoms with Gasteiger partial charge in [0, 0.05) is 38.7 Å². The van der Waals surface area contributed by atoms with Gasteiger partial charge in [-0.2, -0.15) is 17.0 Å². The molecular weight excluding hydrogens is 304 g/mol. The molecule has 1 N–H and O–H groups in total. The van der Waals surface area contributed by atoms with Gasteiger partial charge in [0.1, 0.15) is 0 Å². The van der Waals surface area contributed by atoms with Crippen LogP contribution in [0.4, 0.5) is 0 Å². The minimum Gasteiger partial charge on any atom is -0.396 e. The molecule has 1 atom stereocenters. The summed E-state index contributed by atoms with van der Waals surface area (Å²) >= 11 is 0. The van der Waals surface area contributed by atoms with Crippen LogP contribution in [0.25, 0.3) is 0 Å². The van der Waals surface area contributed by atoms with Gasteiger partial charge < -0.3 is 9.84 Å². The fourth-order valence-corrected chi connectivity index (χ4v) is 5.28. The Morgan fingerprint density at radius 1 is 1.32 bits per heavy atom. The predicted molar refractivity (Wildman–Crippen MR) is 85.7 cm³/mol. The number of aliphatic hydroxyl groups is 1. The highest BCUT2D eigenvalue weighted by atomic mass is 32.2. The minimum atomic E-state index is -3.45. The van der Waals surface area contributed by atoms with E-state index in [0.29, 0.717) is 32.6 Å². The van der Waals surface area contributed by atoms with Gasteiger partial charge in [0.2, 0.25) is 0 Å². The van der Waals surface area contributed by atoms with Crippen LogP contribution in [0, 0.1) is 5.41 Å². The van der Waals surface area contributed by atoms with Crippen molar-refractivity contribution >= 4 is 10.2 Å². The van der Waals surface area contributed by atoms with Gasteiger partial charge in [0.25, 0.3) is 10.2 Å². The number of allylic oxidation sites excluding steroid dienone is 1. The topological polar surface area (TPSA) is 70.1 Å². The van der Waals surface area contributed by atoms with Crippen molar-refractivity contribution in [2.75, 3.05) is 39.9 Å². The van der Waals surface area contributed by atoms with E-state index in [0.717, 1.165) is 25.7 Å². The van der Waals surface area contributed by atoms with Crippen molar-refractivity contribution < 1.29 is 18.3 Å². The fourth-order valence-electron chi connectivity index (χ4n) is 3.49. The van der Waals surface area contributed by atoms with E-state index in [1.54, 1.807) is 21.8 Å². The normalized spacial score (nSPS) is 29.5. The Balaban J connectivity index is 2.07. The van der Waals surface area contributed by atoms with Crippen molar-refractivity contribution in [2.45, 2.75) is 38.2 Å². The van der Waals surface area contributed by atoms with Crippen LogP contribution in [0.1, 0.15) is 32.1 Å². The first-order valence-corrected chi connectivity index (χ1v) is 9.37. The third-order valence-electron chi connectivity index (χ3n) is 4.93. The SMILES string of the molecule is C=CC[C@]1(CO)CCCN(S(=O)(=O)N2CCC(OC)CC2)C1. The van der Waals surface area contributed by atoms with Gasteiger partial charge in [-0.3, -0.25) is 0 Å². The molecule has 7 heteroatoms. The average Bonchev–Trinajstić information content (AvgIpc) is 2.55. The maximum Gasteiger partial charge on any atom is 0.281 e. The van der Waals surface area contributed by atoms with E-state index >= 15 is 0 Å². The molecule has 128 valence electrons. The van der Waals surface area contributed by atoms with Crippen molar-refractivity contribution in [2.24, 2.45) is 5.41 Å². The zero-order chi connectivity index (χ0) is 16.2. The van der Waals surface area contributed by atoms with Crippen LogP contribution in [-0.4, -0.2) is 68.1 Å². The fraction of sp³-hybridized carbons (Fsp3) is 0.867. The third-order valence-corrected chi connectivity index (χ3v) is 6.91. The number of piperidine rings is 2. The molecule has 0 bridgehead atoms. The second kappa shape index (κ2) is 7.40. The quantitative estimate of drug-likeness (QED) is 0.737. The summed E-state index contributed by atoms with van der Waals surface area (Å²) in [5, 5.41) is 9.73. The van der Waals surface area contributed by atoms with Crippen LogP contribution in [-0.2, 0) is 14.9 Å². The Morgan fingerprint density at radius 2 is 2.00 bits per heavy atom. The van der Waals surface area contributed by atoms with Gasteiger partial charge in [0.05, 0.1) is 12.7 Å². The maximum atomic E-state index is 12.8. The summed E-state index contributed by atoms with van der Waals surface area (Å²) in [6.45, 7) is 5.66. The van der Waals surface area contributed by atoms with Crippen molar-refractivity contribution in [3.63, 3.8) is 0 Å². The summed E-state index contributed by atoms with van der Waals surface area (Å²) < 4.78 is 34.1. The monoisotopic (exact) mass is 332 g/mol. The predicted octanol–water partition coefficient (Wildman–Crippen LogP) is 0.993. The van der Waals surface area contributed by atoms with Crippen molar-refractivity contribution in [3.8, 4) is 0 Å². The van der Waals surface area contributed by atoms with Crippen LogP contribution in [0.5, 0.6) is 0 Å². The van der Waals surface area contributed by atoms with E-state index in [-0.39, 0.29) is 18.1 Å². The van der Waals surface area contributed by atoms with Crippen molar-refractivity contribution in [1.29, 1.82) is 0 Å². The van der Waals surface area contributed by atoms with Gasteiger partial charge in [-0.25, -0.2) is 0 Å². The lowest BCUT2D eigenvalue weighted by molar-refractivity contribution is 0.0509. The molecule has 0 aromatic heterocycles. The number of rotatable bonds is 6. The third kappa shape index (κ3) is 3.71. The molecule has 2 saturated heterocycles. The number of methoxy groups -OCH3 is 1. The Morgan fingerprint density at radius 3 is 2.55 bits per heavy atom. The molecule has 0 unspecified atom stereocenters. The summed E-state index contributed by atoms with van der Waals surface area (Å²) in [5.41, 5.74) is -0.377. The van der Waals surface area contributed by atoms with Gasteiger partial charge in [0.15, 0.2) is 0 Å². The second-order valence-corrected chi connectivity index (χ2v) is 8.36. The summed E-state index contributed by atoms with van der Waals surface area (Å²) in [6.07, 6.45) is 5.67. The second-order valence-electron chi connectivity index (χ2n) is 6.43.